The van der Waals surface area contributed by atoms with Gasteiger partial charge in [-0.05, 0) is 156 Å². The van der Waals surface area contributed by atoms with E-state index < -0.39 is 6.10 Å². The molecule has 18 atom stereocenters. The first-order valence-electron chi connectivity index (χ1n) is 21.1. The summed E-state index contributed by atoms with van der Waals surface area (Å²) in [5.41, 5.74) is 6.64. The highest BCUT2D eigenvalue weighted by atomic mass is 16.5. The van der Waals surface area contributed by atoms with Crippen LogP contribution in [0.2, 0.25) is 0 Å². The number of rotatable bonds is 11. The average molecular weight is 718 g/mol. The first kappa shape index (κ1) is 38.4. The number of nitrogens with two attached hydrogens (primary N) is 1. The minimum atomic E-state index is -0.456. The monoisotopic (exact) mass is 718 g/mol. The van der Waals surface area contributed by atoms with Crippen LogP contribution in [0.3, 0.4) is 0 Å². The molecule has 2 saturated heterocycles. The van der Waals surface area contributed by atoms with Gasteiger partial charge < -0.3 is 45.5 Å². The molecule has 0 aromatic carbocycles. The lowest BCUT2D eigenvalue weighted by Gasteiger charge is -2.61. The summed E-state index contributed by atoms with van der Waals surface area (Å²) in [6.45, 7) is 6.57. The molecule has 5 saturated carbocycles. The fourth-order valence-electron chi connectivity index (χ4n) is 13.7. The summed E-state index contributed by atoms with van der Waals surface area (Å²) >= 11 is 0. The molecule has 7 fully saturated rings. The summed E-state index contributed by atoms with van der Waals surface area (Å²) in [6.07, 6.45) is 14.2. The van der Waals surface area contributed by atoms with Gasteiger partial charge in [-0.15, -0.1) is 0 Å². The van der Waals surface area contributed by atoms with Crippen molar-refractivity contribution in [3.8, 4) is 0 Å². The standard InChI is InChI=1S/C41H71N3O7/c1-5-26-15-25(21-44-40(26)42)14-24-10-11-41(19-24)20-28-16-29(46)18-35(48-4)36(28)31-8-7-30-32(22-50-23(2)45)38(51-39(30)37(31)41)27-6-9-33(47)34(17-27)49-13-12-43-3/h24-40,43-44,46-47H,5-22,42H2,1-4H3/t24-,25?,26?,27?,28?,29?,30?,31?,32-,33?,34?,35?,36?,37?,38+,39?,40?,41+/m0/s1. The summed E-state index contributed by atoms with van der Waals surface area (Å²) in [5, 5.41) is 28.8. The van der Waals surface area contributed by atoms with Gasteiger partial charge in [0.15, 0.2) is 0 Å². The molecule has 0 amide bonds. The Balaban J connectivity index is 1.17. The Bertz CT molecular complexity index is 1160. The van der Waals surface area contributed by atoms with Crippen LogP contribution >= 0.6 is 0 Å². The highest BCUT2D eigenvalue weighted by molar-refractivity contribution is 5.65. The van der Waals surface area contributed by atoms with E-state index in [0.29, 0.717) is 67.0 Å². The zero-order valence-electron chi connectivity index (χ0n) is 32.1. The van der Waals surface area contributed by atoms with Crippen LogP contribution in [0.4, 0.5) is 0 Å². The molecule has 0 bridgehead atoms. The van der Waals surface area contributed by atoms with Crippen LogP contribution in [0.15, 0.2) is 0 Å². The van der Waals surface area contributed by atoms with E-state index in [4.69, 9.17) is 24.7 Å². The fraction of sp³-hybridized carbons (Fsp3) is 0.976. The third-order valence-electron chi connectivity index (χ3n) is 15.7. The predicted molar refractivity (Wildman–Crippen MR) is 195 cm³/mol. The van der Waals surface area contributed by atoms with Crippen LogP contribution in [-0.4, -0.2) is 99.4 Å². The molecule has 0 aromatic heterocycles. The molecule has 51 heavy (non-hydrogen) atoms. The van der Waals surface area contributed by atoms with Crippen LogP contribution < -0.4 is 16.4 Å². The van der Waals surface area contributed by atoms with Crippen molar-refractivity contribution in [2.24, 2.45) is 70.3 Å². The largest absolute Gasteiger partial charge is 0.465 e. The maximum atomic E-state index is 12.3. The van der Waals surface area contributed by atoms with Gasteiger partial charge in [-0.1, -0.05) is 13.3 Å². The Morgan fingerprint density at radius 3 is 2.57 bits per heavy atom. The summed E-state index contributed by atoms with van der Waals surface area (Å²) < 4.78 is 25.9. The van der Waals surface area contributed by atoms with Crippen LogP contribution in [-0.2, 0) is 23.7 Å². The summed E-state index contributed by atoms with van der Waals surface area (Å²) in [5.74, 6) is 4.37. The van der Waals surface area contributed by atoms with Gasteiger partial charge in [0.05, 0.1) is 56.0 Å². The van der Waals surface area contributed by atoms with E-state index in [1.54, 1.807) is 0 Å². The molecule has 1 spiro atoms. The van der Waals surface area contributed by atoms with Crippen molar-refractivity contribution in [3.05, 3.63) is 0 Å². The van der Waals surface area contributed by atoms with E-state index in [1.165, 1.54) is 45.4 Å². The second-order valence-electron chi connectivity index (χ2n) is 18.5. The highest BCUT2D eigenvalue weighted by Crippen LogP contribution is 2.68. The van der Waals surface area contributed by atoms with Gasteiger partial charge >= 0.3 is 5.97 Å². The van der Waals surface area contributed by atoms with Crippen molar-refractivity contribution in [3.63, 3.8) is 0 Å². The van der Waals surface area contributed by atoms with Gasteiger partial charge in [0.25, 0.3) is 0 Å². The first-order valence-corrected chi connectivity index (χ1v) is 21.1. The molecule has 7 aliphatic rings. The van der Waals surface area contributed by atoms with E-state index in [-0.39, 0.29) is 59.9 Å². The van der Waals surface area contributed by atoms with Crippen molar-refractivity contribution < 1.29 is 34.0 Å². The number of ether oxygens (including phenoxy) is 4. The number of aliphatic hydroxyl groups is 2. The molecule has 292 valence electrons. The third-order valence-corrected chi connectivity index (χ3v) is 15.7. The molecule has 0 radical (unpaired) electrons. The van der Waals surface area contributed by atoms with Gasteiger partial charge in [-0.2, -0.15) is 0 Å². The molecular formula is C41H71N3O7. The van der Waals surface area contributed by atoms with E-state index in [2.05, 4.69) is 17.6 Å². The number of carbonyl (C=O) groups is 1. The summed E-state index contributed by atoms with van der Waals surface area (Å²) in [7, 11) is 3.78. The fourth-order valence-corrected chi connectivity index (χ4v) is 13.7. The maximum Gasteiger partial charge on any atom is 0.302 e. The number of nitrogens with one attached hydrogen (secondary N) is 2. The predicted octanol–water partition coefficient (Wildman–Crippen LogP) is 4.24. The number of aliphatic hydroxyl groups excluding tert-OH is 2. The number of hydrogen-bond donors (Lipinski definition) is 5. The smallest absolute Gasteiger partial charge is 0.302 e. The van der Waals surface area contributed by atoms with E-state index in [0.717, 1.165) is 58.0 Å². The number of esters is 1. The van der Waals surface area contributed by atoms with Crippen molar-refractivity contribution in [1.29, 1.82) is 0 Å². The average Bonchev–Trinajstić information content (AvgIpc) is 3.69. The van der Waals surface area contributed by atoms with E-state index in [1.807, 2.05) is 14.2 Å². The molecule has 10 heteroatoms. The molecule has 0 aromatic rings. The summed E-state index contributed by atoms with van der Waals surface area (Å²) in [6, 6.07) is 0. The molecule has 5 aliphatic carbocycles. The molecular weight excluding hydrogens is 646 g/mol. The van der Waals surface area contributed by atoms with Crippen molar-refractivity contribution in [1.82, 2.24) is 10.6 Å². The van der Waals surface area contributed by atoms with E-state index in [9.17, 15) is 15.0 Å². The number of likely N-dealkylation sites (N-methyl/N-ethyl adjacent to an activating group) is 1. The molecule has 2 aliphatic heterocycles. The van der Waals surface area contributed by atoms with Crippen molar-refractivity contribution in [2.45, 2.75) is 147 Å². The molecule has 6 N–H and O–H groups in total. The van der Waals surface area contributed by atoms with E-state index >= 15 is 0 Å². The Labute approximate surface area is 307 Å². The number of methoxy groups -OCH3 is 1. The van der Waals surface area contributed by atoms with Crippen molar-refractivity contribution >= 4 is 5.97 Å². The Hall–Kier alpha value is -0.850. The molecule has 2 heterocycles. The normalized spacial score (nSPS) is 49.7. The van der Waals surface area contributed by atoms with Crippen LogP contribution in [0.5, 0.6) is 0 Å². The molecule has 10 nitrogen and oxygen atoms in total. The second-order valence-corrected chi connectivity index (χ2v) is 18.5. The Morgan fingerprint density at radius 2 is 1.80 bits per heavy atom. The number of hydrogen-bond acceptors (Lipinski definition) is 10. The van der Waals surface area contributed by atoms with Crippen LogP contribution in [0.1, 0.15) is 104 Å². The Kier molecular flexibility index (Phi) is 12.4. The lowest BCUT2D eigenvalue weighted by Crippen LogP contribution is -2.59. The zero-order chi connectivity index (χ0) is 35.9. The highest BCUT2D eigenvalue weighted by Gasteiger charge is 2.65. The zero-order valence-corrected chi connectivity index (χ0v) is 32.1. The summed E-state index contributed by atoms with van der Waals surface area (Å²) in [4.78, 5) is 12.3. The third kappa shape index (κ3) is 7.83. The first-order chi connectivity index (χ1) is 24.6. The van der Waals surface area contributed by atoms with Gasteiger partial charge in [0.1, 0.15) is 0 Å². The van der Waals surface area contributed by atoms with Crippen molar-refractivity contribution in [2.75, 3.05) is 40.5 Å². The van der Waals surface area contributed by atoms with Crippen LogP contribution in [0, 0.1) is 64.6 Å². The van der Waals surface area contributed by atoms with Gasteiger partial charge in [0, 0.05) is 26.5 Å². The lowest BCUT2D eigenvalue weighted by atomic mass is 9.45. The quantitative estimate of drug-likeness (QED) is 0.156. The topological polar surface area (TPSA) is 145 Å². The number of piperidine rings is 1. The second kappa shape index (κ2) is 16.5. The minimum absolute atomic E-state index is 0.0112. The lowest BCUT2D eigenvalue weighted by molar-refractivity contribution is -0.192. The van der Waals surface area contributed by atoms with Crippen LogP contribution in [0.25, 0.3) is 0 Å². The minimum Gasteiger partial charge on any atom is -0.465 e. The maximum absolute atomic E-state index is 12.3. The number of carbonyl (C=O) groups excluding carboxylic acids is 1. The number of fused-ring (bicyclic) bond motifs is 6. The van der Waals surface area contributed by atoms with Gasteiger partial charge in [0.2, 0.25) is 0 Å². The molecule has 7 rings (SSSR count). The SMILES string of the molecule is CCC1CC(C[C@@H]2CC[C@]3(CC4CC(O)CC(OC)C4C4CCC5C(O[C@H](C6CCC(O)C(OCCNC)C6)[C@H]5COC(C)=O)C43)C2)CNC1N. The van der Waals surface area contributed by atoms with Gasteiger partial charge in [-0.3, -0.25) is 4.79 Å². The van der Waals surface area contributed by atoms with Gasteiger partial charge in [-0.25, -0.2) is 0 Å². The Morgan fingerprint density at radius 1 is 0.980 bits per heavy atom. The molecule has 14 unspecified atom stereocenters.